The second-order valence-corrected chi connectivity index (χ2v) is 5.64. The van der Waals surface area contributed by atoms with Crippen molar-refractivity contribution in [1.29, 1.82) is 0 Å². The number of carbonyl (C=O) groups excluding carboxylic acids is 1. The zero-order valence-corrected chi connectivity index (χ0v) is 13.1. The lowest BCUT2D eigenvalue weighted by molar-refractivity contribution is -0.402. The zero-order chi connectivity index (χ0) is 16.9. The van der Waals surface area contributed by atoms with Crippen LogP contribution in [0.1, 0.15) is 35.0 Å². The van der Waals surface area contributed by atoms with Crippen LogP contribution in [-0.2, 0) is 4.74 Å². The Morgan fingerprint density at radius 3 is 2.79 bits per heavy atom. The molecular weight excluding hydrogens is 312 g/mol. The molecule has 1 unspecified atom stereocenters. The van der Waals surface area contributed by atoms with E-state index in [9.17, 15) is 14.9 Å². The Labute approximate surface area is 139 Å². The standard InChI is InChI=1S/C17H18N2O5/c20-17(15-8-9-16(24-15)19(21)22)23-12-11-18-10-4-7-14(18)13-5-2-1-3-6-13/h1-3,5-6,8-9,14H,4,7,10-12H2. The summed E-state index contributed by atoms with van der Waals surface area (Å²) in [5.41, 5.74) is 1.27. The number of nitrogens with zero attached hydrogens (tertiary/aromatic N) is 2. The minimum atomic E-state index is -0.689. The molecule has 2 heterocycles. The van der Waals surface area contributed by atoms with Gasteiger partial charge in [-0.15, -0.1) is 0 Å². The summed E-state index contributed by atoms with van der Waals surface area (Å²) >= 11 is 0. The number of carbonyl (C=O) groups is 1. The molecule has 0 radical (unpaired) electrons. The third kappa shape index (κ3) is 3.62. The summed E-state index contributed by atoms with van der Waals surface area (Å²) < 4.78 is 10.0. The third-order valence-corrected chi connectivity index (χ3v) is 4.13. The molecule has 1 aromatic heterocycles. The van der Waals surface area contributed by atoms with Crippen LogP contribution in [0.4, 0.5) is 5.88 Å². The zero-order valence-electron chi connectivity index (χ0n) is 13.1. The lowest BCUT2D eigenvalue weighted by Gasteiger charge is -2.24. The molecule has 7 heteroatoms. The third-order valence-electron chi connectivity index (χ3n) is 4.13. The highest BCUT2D eigenvalue weighted by Gasteiger charge is 2.26. The summed E-state index contributed by atoms with van der Waals surface area (Å²) in [4.78, 5) is 24.0. The van der Waals surface area contributed by atoms with Gasteiger partial charge in [-0.05, 0) is 31.0 Å². The highest BCUT2D eigenvalue weighted by Crippen LogP contribution is 2.31. The minimum absolute atomic E-state index is 0.150. The smallest absolute Gasteiger partial charge is 0.433 e. The van der Waals surface area contributed by atoms with Gasteiger partial charge >= 0.3 is 11.9 Å². The molecule has 1 atom stereocenters. The fraction of sp³-hybridized carbons (Fsp3) is 0.353. The first-order valence-corrected chi connectivity index (χ1v) is 7.85. The molecule has 0 N–H and O–H groups in total. The predicted molar refractivity (Wildman–Crippen MR) is 85.6 cm³/mol. The Balaban J connectivity index is 1.52. The normalized spacial score (nSPS) is 17.8. The van der Waals surface area contributed by atoms with Gasteiger partial charge in [0.25, 0.3) is 0 Å². The number of rotatable bonds is 6. The van der Waals surface area contributed by atoms with E-state index in [4.69, 9.17) is 9.15 Å². The Morgan fingerprint density at radius 2 is 2.08 bits per heavy atom. The van der Waals surface area contributed by atoms with Crippen molar-refractivity contribution in [2.45, 2.75) is 18.9 Å². The number of ether oxygens (including phenoxy) is 1. The average Bonchev–Trinajstić information content (AvgIpc) is 3.25. The summed E-state index contributed by atoms with van der Waals surface area (Å²) in [5, 5.41) is 10.5. The largest absolute Gasteiger partial charge is 0.458 e. The fourth-order valence-electron chi connectivity index (χ4n) is 3.01. The van der Waals surface area contributed by atoms with Crippen molar-refractivity contribution in [3.8, 4) is 0 Å². The monoisotopic (exact) mass is 330 g/mol. The van der Waals surface area contributed by atoms with Gasteiger partial charge in [0.1, 0.15) is 11.5 Å². The van der Waals surface area contributed by atoms with Gasteiger partial charge in [0.05, 0.1) is 6.07 Å². The lowest BCUT2D eigenvalue weighted by atomic mass is 10.0. The van der Waals surface area contributed by atoms with E-state index in [-0.39, 0.29) is 12.4 Å². The first-order valence-electron chi connectivity index (χ1n) is 7.85. The van der Waals surface area contributed by atoms with Gasteiger partial charge in [-0.2, -0.15) is 0 Å². The van der Waals surface area contributed by atoms with E-state index in [0.717, 1.165) is 25.5 Å². The molecule has 0 amide bonds. The summed E-state index contributed by atoms with van der Waals surface area (Å²) in [5.74, 6) is -1.30. The Bertz CT molecular complexity index is 713. The molecule has 1 aliphatic heterocycles. The van der Waals surface area contributed by atoms with Crippen molar-refractivity contribution < 1.29 is 18.9 Å². The van der Waals surface area contributed by atoms with Gasteiger partial charge in [-0.3, -0.25) is 15.0 Å². The second-order valence-electron chi connectivity index (χ2n) is 5.64. The molecule has 24 heavy (non-hydrogen) atoms. The Hall–Kier alpha value is -2.67. The van der Waals surface area contributed by atoms with E-state index in [0.29, 0.717) is 12.6 Å². The van der Waals surface area contributed by atoms with Crippen LogP contribution in [0, 0.1) is 10.1 Å². The van der Waals surface area contributed by atoms with Gasteiger partial charge in [0.15, 0.2) is 0 Å². The fourth-order valence-corrected chi connectivity index (χ4v) is 3.01. The lowest BCUT2D eigenvalue weighted by Crippen LogP contribution is -2.28. The van der Waals surface area contributed by atoms with Crippen molar-refractivity contribution in [3.63, 3.8) is 0 Å². The van der Waals surface area contributed by atoms with Crippen LogP contribution < -0.4 is 0 Å². The molecule has 1 saturated heterocycles. The van der Waals surface area contributed by atoms with Crippen LogP contribution in [0.15, 0.2) is 46.9 Å². The summed E-state index contributed by atoms with van der Waals surface area (Å²) in [7, 11) is 0. The average molecular weight is 330 g/mol. The van der Waals surface area contributed by atoms with Crippen LogP contribution in [-0.4, -0.2) is 35.5 Å². The molecule has 7 nitrogen and oxygen atoms in total. The van der Waals surface area contributed by atoms with E-state index in [2.05, 4.69) is 17.0 Å². The molecule has 3 rings (SSSR count). The molecule has 1 aliphatic rings. The quantitative estimate of drug-likeness (QED) is 0.459. The first-order chi connectivity index (χ1) is 11.6. The number of hydrogen-bond donors (Lipinski definition) is 0. The Kier molecular flexibility index (Phi) is 4.90. The van der Waals surface area contributed by atoms with Crippen molar-refractivity contribution >= 4 is 11.9 Å². The van der Waals surface area contributed by atoms with Gasteiger partial charge in [0.2, 0.25) is 5.76 Å². The number of nitro groups is 1. The second kappa shape index (κ2) is 7.27. The van der Waals surface area contributed by atoms with Crippen LogP contribution in [0.3, 0.4) is 0 Å². The maximum Gasteiger partial charge on any atom is 0.433 e. The first kappa shape index (κ1) is 16.2. The molecule has 1 aromatic carbocycles. The maximum atomic E-state index is 11.8. The van der Waals surface area contributed by atoms with Crippen molar-refractivity contribution in [1.82, 2.24) is 4.90 Å². The maximum absolute atomic E-state index is 11.8. The van der Waals surface area contributed by atoms with E-state index in [1.54, 1.807) is 0 Å². The van der Waals surface area contributed by atoms with Gasteiger partial charge in [-0.1, -0.05) is 30.3 Å². The molecule has 1 fully saturated rings. The number of esters is 1. The van der Waals surface area contributed by atoms with Crippen LogP contribution in [0.5, 0.6) is 0 Å². The van der Waals surface area contributed by atoms with Crippen molar-refractivity contribution in [3.05, 3.63) is 63.9 Å². The summed E-state index contributed by atoms with van der Waals surface area (Å²) in [6.45, 7) is 1.80. The van der Waals surface area contributed by atoms with Crippen LogP contribution in [0.2, 0.25) is 0 Å². The van der Waals surface area contributed by atoms with Crippen molar-refractivity contribution in [2.24, 2.45) is 0 Å². The molecule has 0 bridgehead atoms. The SMILES string of the molecule is O=C(OCCN1CCCC1c1ccccc1)c1ccc([N+](=O)[O-])o1. The molecule has 2 aromatic rings. The number of furan rings is 1. The van der Waals surface area contributed by atoms with E-state index < -0.39 is 16.8 Å². The number of benzene rings is 1. The predicted octanol–water partition coefficient (Wildman–Crippen LogP) is 3.18. The molecule has 0 saturated carbocycles. The molecule has 126 valence electrons. The Morgan fingerprint density at radius 1 is 1.29 bits per heavy atom. The van der Waals surface area contributed by atoms with Crippen LogP contribution in [0.25, 0.3) is 0 Å². The van der Waals surface area contributed by atoms with Crippen molar-refractivity contribution in [2.75, 3.05) is 19.7 Å². The van der Waals surface area contributed by atoms with Crippen LogP contribution >= 0.6 is 0 Å². The van der Waals surface area contributed by atoms with E-state index in [1.165, 1.54) is 11.6 Å². The molecular formula is C17H18N2O5. The molecule has 0 spiro atoms. The summed E-state index contributed by atoms with van der Waals surface area (Å²) in [6, 6.07) is 13.0. The van der Waals surface area contributed by atoms with E-state index in [1.807, 2.05) is 18.2 Å². The topological polar surface area (TPSA) is 85.8 Å². The number of likely N-dealkylation sites (tertiary alicyclic amines) is 1. The van der Waals surface area contributed by atoms with Gasteiger partial charge in [-0.25, -0.2) is 4.79 Å². The van der Waals surface area contributed by atoms with Gasteiger partial charge in [0, 0.05) is 12.6 Å². The summed E-state index contributed by atoms with van der Waals surface area (Å²) in [6.07, 6.45) is 2.19. The van der Waals surface area contributed by atoms with E-state index >= 15 is 0 Å². The molecule has 0 aliphatic carbocycles. The highest BCUT2D eigenvalue weighted by atomic mass is 16.7. The van der Waals surface area contributed by atoms with Gasteiger partial charge < -0.3 is 9.15 Å². The highest BCUT2D eigenvalue weighted by molar-refractivity contribution is 5.86. The minimum Gasteiger partial charge on any atom is -0.458 e. The number of hydrogen-bond acceptors (Lipinski definition) is 6.